The average Bonchev–Trinajstić information content (AvgIpc) is 3.25. The topological polar surface area (TPSA) is 47.6 Å². The number of ether oxygens (including phenoxy) is 1. The average molecular weight is 349 g/mol. The molecule has 122 valence electrons. The molecule has 0 bridgehead atoms. The van der Waals surface area contributed by atoms with E-state index in [9.17, 15) is 0 Å². The third-order valence-corrected chi connectivity index (χ3v) is 4.47. The molecule has 2 aliphatic rings. The van der Waals surface area contributed by atoms with Crippen molar-refractivity contribution in [2.24, 2.45) is 4.99 Å². The van der Waals surface area contributed by atoms with E-state index in [1.54, 1.807) is 0 Å². The molecule has 0 saturated carbocycles. The summed E-state index contributed by atoms with van der Waals surface area (Å²) in [5.74, 6) is 1.11. The van der Waals surface area contributed by atoms with Crippen LogP contribution in [0.15, 0.2) is 75.8 Å². The summed E-state index contributed by atoms with van der Waals surface area (Å²) in [4.78, 5) is 9.13. The lowest BCUT2D eigenvalue weighted by Gasteiger charge is -2.12. The van der Waals surface area contributed by atoms with Gasteiger partial charge in [0.05, 0.1) is 5.70 Å². The maximum Gasteiger partial charge on any atom is 0.227 e. The van der Waals surface area contributed by atoms with Gasteiger partial charge in [-0.3, -0.25) is 0 Å². The molecule has 25 heavy (non-hydrogen) atoms. The van der Waals surface area contributed by atoms with Crippen molar-refractivity contribution in [2.75, 3.05) is 0 Å². The van der Waals surface area contributed by atoms with Gasteiger partial charge in [-0.1, -0.05) is 35.9 Å². The van der Waals surface area contributed by atoms with Gasteiger partial charge in [-0.2, -0.15) is 0 Å². The summed E-state index contributed by atoms with van der Waals surface area (Å²) < 4.78 is 11.8. The Bertz CT molecular complexity index is 1050. The number of hydrogen-bond acceptors (Lipinski definition) is 4. The van der Waals surface area contributed by atoms with Crippen molar-refractivity contribution in [3.8, 4) is 11.5 Å². The van der Waals surface area contributed by atoms with E-state index in [1.165, 1.54) is 0 Å². The Kier molecular flexibility index (Phi) is 3.25. The molecule has 0 fully saturated rings. The molecule has 0 spiro atoms. The molecule has 1 atom stereocenters. The Hall–Kier alpha value is -2.85. The summed E-state index contributed by atoms with van der Waals surface area (Å²) >= 11 is 6.32. The normalized spacial score (nSPS) is 18.7. The molecule has 1 aromatic heterocycles. The van der Waals surface area contributed by atoms with Crippen LogP contribution in [-0.4, -0.2) is 17.0 Å². The van der Waals surface area contributed by atoms with Crippen LogP contribution < -0.4 is 0 Å². The minimum Gasteiger partial charge on any atom is -0.467 e. The molecule has 1 unspecified atom stereocenters. The fourth-order valence-corrected chi connectivity index (χ4v) is 3.29. The third-order valence-electron chi connectivity index (χ3n) is 4.25. The zero-order chi connectivity index (χ0) is 16.8. The SMILES string of the molecule is Clc1cc(C2=NC3=CC=CCC3O2)cc(-c2nc3ccccc3o2)c1. The van der Waals surface area contributed by atoms with E-state index >= 15 is 0 Å². The third kappa shape index (κ3) is 2.55. The number of aromatic nitrogens is 1. The number of nitrogens with zero attached hydrogens (tertiary/aromatic N) is 2. The van der Waals surface area contributed by atoms with Gasteiger partial charge in [0, 0.05) is 22.6 Å². The van der Waals surface area contributed by atoms with Crippen LogP contribution in [0.5, 0.6) is 0 Å². The van der Waals surface area contributed by atoms with Gasteiger partial charge in [-0.25, -0.2) is 9.98 Å². The summed E-state index contributed by atoms with van der Waals surface area (Å²) in [7, 11) is 0. The Balaban J connectivity index is 1.58. The first-order chi connectivity index (χ1) is 12.3. The highest BCUT2D eigenvalue weighted by Gasteiger charge is 2.27. The molecule has 0 amide bonds. The van der Waals surface area contributed by atoms with Gasteiger partial charge in [0.15, 0.2) is 5.58 Å². The number of oxazole rings is 1. The number of aliphatic imine (C=N–C) groups is 1. The quantitative estimate of drug-likeness (QED) is 0.644. The summed E-state index contributed by atoms with van der Waals surface area (Å²) in [6, 6.07) is 13.3. The molecular formula is C20H13ClN2O2. The van der Waals surface area contributed by atoms with Crippen LogP contribution in [-0.2, 0) is 4.74 Å². The predicted octanol–water partition coefficient (Wildman–Crippen LogP) is 5.14. The van der Waals surface area contributed by atoms with E-state index in [-0.39, 0.29) is 6.10 Å². The van der Waals surface area contributed by atoms with Gasteiger partial charge in [0.1, 0.15) is 11.6 Å². The number of para-hydroxylation sites is 2. The number of benzene rings is 2. The van der Waals surface area contributed by atoms with Crippen molar-refractivity contribution in [1.29, 1.82) is 0 Å². The van der Waals surface area contributed by atoms with Crippen LogP contribution in [0, 0.1) is 0 Å². The summed E-state index contributed by atoms with van der Waals surface area (Å²) in [6.45, 7) is 0. The minimum absolute atomic E-state index is 0.00763. The highest BCUT2D eigenvalue weighted by molar-refractivity contribution is 6.31. The van der Waals surface area contributed by atoms with Crippen LogP contribution in [0.2, 0.25) is 5.02 Å². The van der Waals surface area contributed by atoms with E-state index in [0.717, 1.165) is 34.3 Å². The standard InChI is InChI=1S/C20H13ClN2O2/c21-14-10-12(19-22-15-5-1-3-7-17(15)24-19)9-13(11-14)20-23-16-6-2-4-8-18(16)25-20/h1-7,9-11,18H,8H2. The molecule has 2 aromatic carbocycles. The number of rotatable bonds is 2. The Morgan fingerprint density at radius 3 is 2.84 bits per heavy atom. The van der Waals surface area contributed by atoms with E-state index in [4.69, 9.17) is 20.8 Å². The highest BCUT2D eigenvalue weighted by atomic mass is 35.5. The molecule has 0 radical (unpaired) electrons. The van der Waals surface area contributed by atoms with Gasteiger partial charge < -0.3 is 9.15 Å². The zero-order valence-electron chi connectivity index (χ0n) is 13.1. The smallest absolute Gasteiger partial charge is 0.227 e. The molecule has 1 aliphatic heterocycles. The van der Waals surface area contributed by atoms with Crippen LogP contribution in [0.3, 0.4) is 0 Å². The first-order valence-electron chi connectivity index (χ1n) is 8.05. The number of hydrogen-bond donors (Lipinski definition) is 0. The van der Waals surface area contributed by atoms with E-state index in [0.29, 0.717) is 16.8 Å². The maximum atomic E-state index is 6.32. The van der Waals surface area contributed by atoms with Crippen LogP contribution >= 0.6 is 11.6 Å². The summed E-state index contributed by atoms with van der Waals surface area (Å²) in [6.07, 6.45) is 6.88. The second-order valence-electron chi connectivity index (χ2n) is 5.99. The lowest BCUT2D eigenvalue weighted by atomic mass is 10.1. The number of allylic oxidation sites excluding steroid dienone is 2. The van der Waals surface area contributed by atoms with Gasteiger partial charge >= 0.3 is 0 Å². The molecule has 2 heterocycles. The van der Waals surface area contributed by atoms with Crippen molar-refractivity contribution in [1.82, 2.24) is 4.98 Å². The molecule has 1 aliphatic carbocycles. The van der Waals surface area contributed by atoms with Crippen molar-refractivity contribution < 1.29 is 9.15 Å². The predicted molar refractivity (Wildman–Crippen MR) is 97.7 cm³/mol. The van der Waals surface area contributed by atoms with Gasteiger partial charge in [0.2, 0.25) is 11.8 Å². The fraction of sp³-hybridized carbons (Fsp3) is 0.100. The van der Waals surface area contributed by atoms with Gasteiger partial charge in [-0.05, 0) is 36.4 Å². The Labute approximate surface area is 149 Å². The molecule has 0 saturated heterocycles. The van der Waals surface area contributed by atoms with Crippen LogP contribution in [0.1, 0.15) is 12.0 Å². The largest absolute Gasteiger partial charge is 0.467 e. The molecule has 0 N–H and O–H groups in total. The lowest BCUT2D eigenvalue weighted by molar-refractivity contribution is 0.247. The van der Waals surface area contributed by atoms with Gasteiger partial charge in [-0.15, -0.1) is 0 Å². The summed E-state index contributed by atoms with van der Waals surface area (Å²) in [5, 5.41) is 0.586. The lowest BCUT2D eigenvalue weighted by Crippen LogP contribution is -2.13. The van der Waals surface area contributed by atoms with Crippen LogP contribution in [0.4, 0.5) is 0 Å². The second-order valence-corrected chi connectivity index (χ2v) is 6.43. The zero-order valence-corrected chi connectivity index (χ0v) is 13.9. The molecule has 5 heteroatoms. The highest BCUT2D eigenvalue weighted by Crippen LogP contribution is 2.31. The number of halogens is 1. The molecule has 4 nitrogen and oxygen atoms in total. The molecule has 5 rings (SSSR count). The Morgan fingerprint density at radius 1 is 1.08 bits per heavy atom. The minimum atomic E-state index is -0.00763. The Morgan fingerprint density at radius 2 is 1.96 bits per heavy atom. The fourth-order valence-electron chi connectivity index (χ4n) is 3.06. The second kappa shape index (κ2) is 5.60. The van der Waals surface area contributed by atoms with E-state index in [1.807, 2.05) is 54.6 Å². The van der Waals surface area contributed by atoms with E-state index < -0.39 is 0 Å². The maximum absolute atomic E-state index is 6.32. The van der Waals surface area contributed by atoms with Crippen molar-refractivity contribution in [3.05, 3.63) is 77.0 Å². The van der Waals surface area contributed by atoms with Crippen molar-refractivity contribution in [2.45, 2.75) is 12.5 Å². The van der Waals surface area contributed by atoms with Crippen molar-refractivity contribution in [3.63, 3.8) is 0 Å². The van der Waals surface area contributed by atoms with Crippen molar-refractivity contribution >= 4 is 28.6 Å². The van der Waals surface area contributed by atoms with Gasteiger partial charge in [0.25, 0.3) is 0 Å². The monoisotopic (exact) mass is 348 g/mol. The summed E-state index contributed by atoms with van der Waals surface area (Å²) in [5.41, 5.74) is 4.12. The first kappa shape index (κ1) is 14.5. The van der Waals surface area contributed by atoms with E-state index in [2.05, 4.69) is 16.1 Å². The molecule has 3 aromatic rings. The molecular weight excluding hydrogens is 336 g/mol. The van der Waals surface area contributed by atoms with Crippen LogP contribution in [0.25, 0.3) is 22.6 Å². The first-order valence-corrected chi connectivity index (χ1v) is 8.43. The number of fused-ring (bicyclic) bond motifs is 2.